The summed E-state index contributed by atoms with van der Waals surface area (Å²) in [5.41, 5.74) is -1.27. The van der Waals surface area contributed by atoms with Gasteiger partial charge in [-0.15, -0.1) is 0 Å². The molecule has 134 valence electrons. The van der Waals surface area contributed by atoms with Gasteiger partial charge < -0.3 is 10.6 Å². The number of hydrogen-bond acceptors (Lipinski definition) is 3. The molecular formula is C17H19F3N4O. The molecule has 1 amide bonds. The normalized spacial score (nSPS) is 25.9. The van der Waals surface area contributed by atoms with Crippen molar-refractivity contribution in [1.82, 2.24) is 20.8 Å². The second kappa shape index (κ2) is 5.20. The van der Waals surface area contributed by atoms with Gasteiger partial charge in [-0.05, 0) is 44.8 Å². The maximum Gasteiger partial charge on any atom is 0.418 e. The number of benzene rings is 1. The number of amides is 1. The lowest BCUT2D eigenvalue weighted by Crippen LogP contribution is -2.43. The number of aromatic nitrogens is 2. The van der Waals surface area contributed by atoms with Crippen LogP contribution < -0.4 is 10.6 Å². The molecule has 4 rings (SSSR count). The Morgan fingerprint density at radius 1 is 1.24 bits per heavy atom. The topological polar surface area (TPSA) is 69.8 Å². The number of carbonyl (C=O) groups is 1. The van der Waals surface area contributed by atoms with Crippen molar-refractivity contribution in [3.8, 4) is 0 Å². The highest BCUT2D eigenvalue weighted by atomic mass is 19.4. The number of alkyl halides is 3. The number of carbonyl (C=O) groups excluding carboxylic acids is 1. The summed E-state index contributed by atoms with van der Waals surface area (Å²) < 4.78 is 39.5. The summed E-state index contributed by atoms with van der Waals surface area (Å²) in [5, 5.41) is 13.2. The van der Waals surface area contributed by atoms with Crippen LogP contribution in [0.1, 0.15) is 25.1 Å². The van der Waals surface area contributed by atoms with E-state index in [9.17, 15) is 18.0 Å². The van der Waals surface area contributed by atoms with Gasteiger partial charge in [-0.1, -0.05) is 12.1 Å². The molecular weight excluding hydrogens is 333 g/mol. The Labute approximate surface area is 142 Å². The zero-order valence-electron chi connectivity index (χ0n) is 13.9. The standard InChI is InChI=1S/C17H19F3N4O/c1-16(2,22-15(25)12-9-6-21-7-10(9)12)14-8-4-3-5-11(17(18,19)20)13(8)23-24-14/h3-5,9-10,12,21H,6-7H2,1-2H3,(H,22,25)(H,23,24). The van der Waals surface area contributed by atoms with E-state index in [0.29, 0.717) is 22.9 Å². The largest absolute Gasteiger partial charge is 0.418 e. The summed E-state index contributed by atoms with van der Waals surface area (Å²) in [6.07, 6.45) is -4.46. The highest BCUT2D eigenvalue weighted by Gasteiger charge is 2.57. The highest BCUT2D eigenvalue weighted by Crippen LogP contribution is 2.49. The Balaban J connectivity index is 1.63. The van der Waals surface area contributed by atoms with E-state index in [4.69, 9.17) is 0 Å². The van der Waals surface area contributed by atoms with Crippen molar-refractivity contribution in [1.29, 1.82) is 0 Å². The van der Waals surface area contributed by atoms with Gasteiger partial charge in [0.15, 0.2) is 0 Å². The number of rotatable bonds is 3. The van der Waals surface area contributed by atoms with Crippen molar-refractivity contribution in [2.45, 2.75) is 25.6 Å². The fraction of sp³-hybridized carbons (Fsp3) is 0.529. The van der Waals surface area contributed by atoms with Crippen LogP contribution in [0.15, 0.2) is 18.2 Å². The zero-order valence-corrected chi connectivity index (χ0v) is 13.9. The van der Waals surface area contributed by atoms with Crippen molar-refractivity contribution in [3.63, 3.8) is 0 Å². The van der Waals surface area contributed by atoms with Crippen molar-refractivity contribution < 1.29 is 18.0 Å². The highest BCUT2D eigenvalue weighted by molar-refractivity contribution is 5.87. The third-order valence-electron chi connectivity index (χ3n) is 5.33. The minimum Gasteiger partial charge on any atom is -0.345 e. The zero-order chi connectivity index (χ0) is 18.0. The molecule has 1 aliphatic carbocycles. The van der Waals surface area contributed by atoms with E-state index in [1.807, 2.05) is 0 Å². The SMILES string of the molecule is CC(C)(NC(=O)C1C2CNCC21)c1n[nH]c2c(C(F)(F)F)cccc12. The van der Waals surface area contributed by atoms with Crippen LogP contribution in [0.25, 0.3) is 10.9 Å². The van der Waals surface area contributed by atoms with Gasteiger partial charge in [0.25, 0.3) is 0 Å². The first-order valence-corrected chi connectivity index (χ1v) is 8.27. The fourth-order valence-electron chi connectivity index (χ4n) is 4.01. The minimum absolute atomic E-state index is 0.00327. The molecule has 2 atom stereocenters. The van der Waals surface area contributed by atoms with Gasteiger partial charge in [0.05, 0.1) is 22.3 Å². The Hall–Kier alpha value is -2.09. The summed E-state index contributed by atoms with van der Waals surface area (Å²) in [6, 6.07) is 3.97. The van der Waals surface area contributed by atoms with Gasteiger partial charge in [-0.3, -0.25) is 9.89 Å². The quantitative estimate of drug-likeness (QED) is 0.794. The van der Waals surface area contributed by atoms with Gasteiger partial charge in [-0.2, -0.15) is 18.3 Å². The molecule has 2 unspecified atom stereocenters. The number of nitrogens with one attached hydrogen (secondary N) is 3. The summed E-state index contributed by atoms with van der Waals surface area (Å²) in [4.78, 5) is 12.5. The molecule has 5 nitrogen and oxygen atoms in total. The molecule has 0 radical (unpaired) electrons. The third-order valence-corrected chi connectivity index (χ3v) is 5.33. The number of nitrogens with zero attached hydrogens (tertiary/aromatic N) is 1. The second-order valence-corrected chi connectivity index (χ2v) is 7.42. The van der Waals surface area contributed by atoms with Crippen molar-refractivity contribution in [2.75, 3.05) is 13.1 Å². The average molecular weight is 352 g/mol. The number of hydrogen-bond donors (Lipinski definition) is 3. The van der Waals surface area contributed by atoms with E-state index in [2.05, 4.69) is 20.8 Å². The van der Waals surface area contributed by atoms with Gasteiger partial charge in [0, 0.05) is 11.3 Å². The predicted octanol–water partition coefficient (Wildman–Crippen LogP) is 2.40. The Morgan fingerprint density at radius 3 is 2.56 bits per heavy atom. The summed E-state index contributed by atoms with van der Waals surface area (Å²) >= 11 is 0. The Bertz CT molecular complexity index is 832. The third kappa shape index (κ3) is 2.59. The molecule has 2 aromatic rings. The van der Waals surface area contributed by atoms with Crippen LogP contribution in [0.3, 0.4) is 0 Å². The van der Waals surface area contributed by atoms with Crippen LogP contribution in [0.4, 0.5) is 13.2 Å². The lowest BCUT2D eigenvalue weighted by molar-refractivity contribution is -0.136. The minimum atomic E-state index is -4.46. The van der Waals surface area contributed by atoms with Crippen molar-refractivity contribution in [2.24, 2.45) is 17.8 Å². The van der Waals surface area contributed by atoms with Crippen LogP contribution in [0.5, 0.6) is 0 Å². The number of aromatic amines is 1. The molecule has 2 heterocycles. The summed E-state index contributed by atoms with van der Waals surface area (Å²) in [6.45, 7) is 5.22. The fourth-order valence-corrected chi connectivity index (χ4v) is 4.01. The number of H-pyrrole nitrogens is 1. The molecule has 2 aliphatic rings. The van der Waals surface area contributed by atoms with Crippen LogP contribution in [0, 0.1) is 17.8 Å². The van der Waals surface area contributed by atoms with Gasteiger partial charge in [-0.25, -0.2) is 0 Å². The van der Waals surface area contributed by atoms with Gasteiger partial charge in [0.1, 0.15) is 0 Å². The van der Waals surface area contributed by atoms with Crippen LogP contribution in [0.2, 0.25) is 0 Å². The number of halogens is 3. The van der Waals surface area contributed by atoms with E-state index in [1.165, 1.54) is 6.07 Å². The smallest absolute Gasteiger partial charge is 0.345 e. The summed E-state index contributed by atoms with van der Waals surface area (Å²) in [7, 11) is 0. The van der Waals surface area contributed by atoms with Crippen LogP contribution >= 0.6 is 0 Å². The van der Waals surface area contributed by atoms with E-state index in [-0.39, 0.29) is 17.3 Å². The lowest BCUT2D eigenvalue weighted by Gasteiger charge is -2.25. The van der Waals surface area contributed by atoms with Gasteiger partial charge in [0.2, 0.25) is 5.91 Å². The Morgan fingerprint density at radius 2 is 1.92 bits per heavy atom. The molecule has 1 aromatic carbocycles. The number of fused-ring (bicyclic) bond motifs is 2. The lowest BCUT2D eigenvalue weighted by atomic mass is 9.95. The molecule has 3 N–H and O–H groups in total. The predicted molar refractivity (Wildman–Crippen MR) is 85.6 cm³/mol. The number of piperidine rings is 1. The molecule has 25 heavy (non-hydrogen) atoms. The van der Waals surface area contributed by atoms with Crippen LogP contribution in [-0.2, 0) is 16.5 Å². The first-order chi connectivity index (χ1) is 11.7. The monoisotopic (exact) mass is 352 g/mol. The van der Waals surface area contributed by atoms with Gasteiger partial charge >= 0.3 is 6.18 Å². The maximum atomic E-state index is 13.2. The van der Waals surface area contributed by atoms with Crippen molar-refractivity contribution >= 4 is 16.8 Å². The number of para-hydroxylation sites is 1. The molecule has 1 aliphatic heterocycles. The van der Waals surface area contributed by atoms with E-state index in [0.717, 1.165) is 19.2 Å². The van der Waals surface area contributed by atoms with Crippen molar-refractivity contribution in [3.05, 3.63) is 29.5 Å². The molecule has 0 spiro atoms. The molecule has 2 fully saturated rings. The van der Waals surface area contributed by atoms with E-state index >= 15 is 0 Å². The molecule has 8 heteroatoms. The first kappa shape index (κ1) is 16.4. The Kier molecular flexibility index (Phi) is 3.41. The van der Waals surface area contributed by atoms with Crippen LogP contribution in [-0.4, -0.2) is 29.2 Å². The molecule has 0 bridgehead atoms. The molecule has 1 saturated heterocycles. The van der Waals surface area contributed by atoms with E-state index in [1.54, 1.807) is 19.9 Å². The first-order valence-electron chi connectivity index (χ1n) is 8.27. The maximum absolute atomic E-state index is 13.2. The average Bonchev–Trinajstić information content (AvgIpc) is 2.89. The summed E-state index contributed by atoms with van der Waals surface area (Å²) in [5.74, 6) is 0.702. The van der Waals surface area contributed by atoms with E-state index < -0.39 is 17.3 Å². The molecule has 1 aromatic heterocycles. The molecule has 1 saturated carbocycles. The second-order valence-electron chi connectivity index (χ2n) is 7.42.